The average molecular weight is 454 g/mol. The number of nitrogens with one attached hydrogen (secondary N) is 1. The van der Waals surface area contributed by atoms with E-state index in [4.69, 9.17) is 9.47 Å². The van der Waals surface area contributed by atoms with Crippen LogP contribution in [0.15, 0.2) is 24.3 Å². The second-order valence-electron chi connectivity index (χ2n) is 8.30. The average Bonchev–Trinajstić information content (AvgIpc) is 3.15. The molecule has 1 amide bonds. The third-order valence-corrected chi connectivity index (χ3v) is 6.09. The fourth-order valence-electron chi connectivity index (χ4n) is 4.21. The van der Waals surface area contributed by atoms with Crippen LogP contribution in [0.3, 0.4) is 0 Å². The molecular formula is C21H22F4N4O3. The van der Waals surface area contributed by atoms with Crippen LogP contribution >= 0.6 is 0 Å². The van der Waals surface area contributed by atoms with Crippen LogP contribution in [-0.4, -0.2) is 59.0 Å². The molecule has 5 rings (SSSR count). The van der Waals surface area contributed by atoms with Crippen LogP contribution in [-0.2, 0) is 24.0 Å². The van der Waals surface area contributed by atoms with E-state index in [2.05, 4.69) is 15.3 Å². The molecular weight excluding hydrogens is 432 g/mol. The van der Waals surface area contributed by atoms with Crippen LogP contribution in [0.2, 0.25) is 0 Å². The van der Waals surface area contributed by atoms with E-state index in [0.717, 1.165) is 50.0 Å². The molecule has 32 heavy (non-hydrogen) atoms. The van der Waals surface area contributed by atoms with E-state index in [9.17, 15) is 18.0 Å². The van der Waals surface area contributed by atoms with Crippen molar-refractivity contribution in [2.75, 3.05) is 26.3 Å². The highest BCUT2D eigenvalue weighted by Gasteiger charge is 2.37. The summed E-state index contributed by atoms with van der Waals surface area (Å²) in [4.78, 5) is 14.9. The molecule has 3 aliphatic heterocycles. The van der Waals surface area contributed by atoms with Crippen LogP contribution in [0.25, 0.3) is 0 Å². The lowest BCUT2D eigenvalue weighted by Crippen LogP contribution is -2.44. The maximum Gasteiger partial charge on any atom is 0.416 e. The van der Waals surface area contributed by atoms with Crippen molar-refractivity contribution in [1.29, 1.82) is 0 Å². The Kier molecular flexibility index (Phi) is 5.32. The highest BCUT2D eigenvalue weighted by molar-refractivity contribution is 5.92. The van der Waals surface area contributed by atoms with Gasteiger partial charge in [-0.2, -0.15) is 18.3 Å². The topological polar surface area (TPSA) is 68.6 Å². The summed E-state index contributed by atoms with van der Waals surface area (Å²) in [5, 5.41) is 6.84. The number of fused-ring (bicyclic) bond motifs is 2. The van der Waals surface area contributed by atoms with Crippen molar-refractivity contribution < 1.29 is 31.8 Å². The van der Waals surface area contributed by atoms with Crippen molar-refractivity contribution in [3.63, 3.8) is 0 Å². The number of aromatic nitrogens is 2. The lowest BCUT2D eigenvalue weighted by atomic mass is 9.98. The zero-order valence-electron chi connectivity index (χ0n) is 17.1. The Morgan fingerprint density at radius 3 is 2.78 bits per heavy atom. The molecule has 11 heteroatoms. The van der Waals surface area contributed by atoms with E-state index >= 15 is 4.39 Å². The summed E-state index contributed by atoms with van der Waals surface area (Å²) >= 11 is 0. The van der Waals surface area contributed by atoms with Gasteiger partial charge in [-0.3, -0.25) is 14.4 Å². The number of amides is 1. The summed E-state index contributed by atoms with van der Waals surface area (Å²) < 4.78 is 66.6. The number of rotatable bonds is 4. The van der Waals surface area contributed by atoms with Gasteiger partial charge in [-0.1, -0.05) is 0 Å². The zero-order valence-corrected chi connectivity index (χ0v) is 17.1. The van der Waals surface area contributed by atoms with Crippen molar-refractivity contribution in [2.45, 2.75) is 44.0 Å². The van der Waals surface area contributed by atoms with Gasteiger partial charge in [-0.25, -0.2) is 4.39 Å². The summed E-state index contributed by atoms with van der Waals surface area (Å²) in [7, 11) is 0. The van der Waals surface area contributed by atoms with Gasteiger partial charge in [-0.05, 0) is 30.7 Å². The molecule has 0 bridgehead atoms. The Morgan fingerprint density at radius 2 is 2.06 bits per heavy atom. The lowest BCUT2D eigenvalue weighted by Gasteiger charge is -2.34. The Balaban J connectivity index is 1.26. The Hall–Kier alpha value is -2.66. The van der Waals surface area contributed by atoms with Crippen molar-refractivity contribution in [1.82, 2.24) is 20.0 Å². The van der Waals surface area contributed by atoms with Gasteiger partial charge in [0.25, 0.3) is 5.91 Å². The summed E-state index contributed by atoms with van der Waals surface area (Å²) in [6, 6.07) is 3.22. The maximum atomic E-state index is 15.0. The van der Waals surface area contributed by atoms with Crippen molar-refractivity contribution in [3.8, 4) is 5.75 Å². The number of halogens is 4. The Bertz CT molecular complexity index is 1020. The van der Waals surface area contributed by atoms with E-state index in [-0.39, 0.29) is 29.7 Å². The highest BCUT2D eigenvalue weighted by atomic mass is 19.4. The van der Waals surface area contributed by atoms with Crippen LogP contribution in [0, 0.1) is 0 Å². The van der Waals surface area contributed by atoms with Gasteiger partial charge in [0.2, 0.25) is 0 Å². The van der Waals surface area contributed by atoms with Crippen LogP contribution < -0.4 is 10.1 Å². The minimum Gasteiger partial charge on any atom is -0.491 e. The molecule has 0 aliphatic carbocycles. The third-order valence-electron chi connectivity index (χ3n) is 6.09. The first-order valence-electron chi connectivity index (χ1n) is 10.5. The number of ether oxygens (including phenoxy) is 2. The maximum absolute atomic E-state index is 15.0. The lowest BCUT2D eigenvalue weighted by molar-refractivity contribution is -0.137. The third kappa shape index (κ3) is 4.06. The quantitative estimate of drug-likeness (QED) is 0.720. The minimum absolute atomic E-state index is 0.0454. The number of carbonyl (C=O) groups is 1. The SMILES string of the molecule is O=C(NC1COc2ccc(C(F)(F)F)cc2C1F)c1cc2n(n1)CCN(CC1CCO1)C2. The van der Waals surface area contributed by atoms with Crippen LogP contribution in [0.1, 0.15) is 39.9 Å². The standard InChI is InChI=1S/C21H22F4N4O3/c22-19-15-7-12(21(23,24)25)1-2-18(15)32-11-17(19)26-20(30)16-8-13-9-28(4-5-29(13)27-16)10-14-3-6-31-14/h1-2,7-8,14,17,19H,3-6,9-11H2,(H,26,30). The largest absolute Gasteiger partial charge is 0.491 e. The van der Waals surface area contributed by atoms with Gasteiger partial charge in [0.15, 0.2) is 11.9 Å². The molecule has 4 heterocycles. The number of carbonyl (C=O) groups excluding carboxylic acids is 1. The predicted molar refractivity (Wildman–Crippen MR) is 104 cm³/mol. The molecule has 0 radical (unpaired) electrons. The fourth-order valence-corrected chi connectivity index (χ4v) is 4.21. The number of hydrogen-bond donors (Lipinski definition) is 1. The van der Waals surface area contributed by atoms with Gasteiger partial charge >= 0.3 is 6.18 Å². The van der Waals surface area contributed by atoms with Crippen molar-refractivity contribution in [2.24, 2.45) is 0 Å². The normalized spacial score (nSPS) is 25.3. The van der Waals surface area contributed by atoms with Gasteiger partial charge in [0.05, 0.1) is 29.9 Å². The molecule has 172 valence electrons. The first kappa shape index (κ1) is 21.2. The fraction of sp³-hybridized carbons (Fsp3) is 0.524. The van der Waals surface area contributed by atoms with E-state index < -0.39 is 29.9 Å². The first-order chi connectivity index (χ1) is 15.3. The molecule has 3 aliphatic rings. The number of alkyl halides is 4. The predicted octanol–water partition coefficient (Wildman–Crippen LogP) is 2.71. The smallest absolute Gasteiger partial charge is 0.416 e. The Labute approximate surface area is 181 Å². The van der Waals surface area contributed by atoms with Crippen LogP contribution in [0.4, 0.5) is 17.6 Å². The summed E-state index contributed by atoms with van der Waals surface area (Å²) in [5.41, 5.74) is -0.177. The molecule has 3 atom stereocenters. The van der Waals surface area contributed by atoms with Crippen LogP contribution in [0.5, 0.6) is 5.75 Å². The van der Waals surface area contributed by atoms with E-state index in [1.54, 1.807) is 10.7 Å². The first-order valence-corrected chi connectivity index (χ1v) is 10.5. The van der Waals surface area contributed by atoms with Crippen molar-refractivity contribution >= 4 is 5.91 Å². The van der Waals surface area contributed by atoms with E-state index in [1.807, 2.05) is 0 Å². The van der Waals surface area contributed by atoms with E-state index in [1.165, 1.54) is 0 Å². The molecule has 2 aromatic rings. The monoisotopic (exact) mass is 454 g/mol. The molecule has 1 aromatic heterocycles. The van der Waals surface area contributed by atoms with Gasteiger partial charge in [0, 0.05) is 31.8 Å². The number of benzene rings is 1. The summed E-state index contributed by atoms with van der Waals surface area (Å²) in [5.74, 6) is -0.545. The van der Waals surface area contributed by atoms with Gasteiger partial charge < -0.3 is 14.8 Å². The molecule has 0 spiro atoms. The molecule has 1 N–H and O–H groups in total. The molecule has 0 saturated carbocycles. The second-order valence-corrected chi connectivity index (χ2v) is 8.30. The Morgan fingerprint density at radius 1 is 1.25 bits per heavy atom. The second kappa shape index (κ2) is 8.04. The van der Waals surface area contributed by atoms with Gasteiger partial charge in [0.1, 0.15) is 12.4 Å². The molecule has 1 saturated heterocycles. The number of nitrogens with zero attached hydrogens (tertiary/aromatic N) is 3. The minimum atomic E-state index is -4.60. The molecule has 1 aromatic carbocycles. The van der Waals surface area contributed by atoms with Gasteiger partial charge in [-0.15, -0.1) is 0 Å². The molecule has 7 nitrogen and oxygen atoms in total. The summed E-state index contributed by atoms with van der Waals surface area (Å²) in [6.07, 6.45) is -5.13. The molecule has 1 fully saturated rings. The number of hydrogen-bond acceptors (Lipinski definition) is 5. The zero-order chi connectivity index (χ0) is 22.5. The van der Waals surface area contributed by atoms with Crippen molar-refractivity contribution in [3.05, 3.63) is 46.8 Å². The summed E-state index contributed by atoms with van der Waals surface area (Å²) in [6.45, 7) is 3.48. The highest BCUT2D eigenvalue weighted by Crippen LogP contribution is 2.39. The van der Waals surface area contributed by atoms with E-state index in [0.29, 0.717) is 13.1 Å². The molecule has 3 unspecified atom stereocenters.